The molecule has 2 aromatic heterocycles. The second-order valence-electron chi connectivity index (χ2n) is 7.45. The van der Waals surface area contributed by atoms with Crippen LogP contribution in [-0.2, 0) is 9.63 Å². The summed E-state index contributed by atoms with van der Waals surface area (Å²) in [4.78, 5) is 47.8. The van der Waals surface area contributed by atoms with Crippen LogP contribution in [0.4, 0.5) is 14.5 Å². The highest BCUT2D eigenvalue weighted by Gasteiger charge is 2.36. The molecule has 1 unspecified atom stereocenters. The fraction of sp³-hybridized carbons (Fsp3) is 0.190. The number of aromatic nitrogens is 3. The van der Waals surface area contributed by atoms with Gasteiger partial charge in [0.15, 0.2) is 5.82 Å². The van der Waals surface area contributed by atoms with Gasteiger partial charge >= 0.3 is 0 Å². The Hall–Kier alpha value is -2.65. The Morgan fingerprint density at radius 1 is 1.22 bits per heavy atom. The first kappa shape index (κ1) is 27.4. The lowest BCUT2D eigenvalue weighted by molar-refractivity contribution is -0.169. The maximum absolute atomic E-state index is 13.3. The lowest BCUT2D eigenvalue weighted by Crippen LogP contribution is -2.43. The average Bonchev–Trinajstić information content (AvgIpc) is 3.38. The third-order valence-corrected chi connectivity index (χ3v) is 6.47. The van der Waals surface area contributed by atoms with Crippen LogP contribution in [0.1, 0.15) is 20.8 Å². The Bertz CT molecular complexity index is 1390. The third kappa shape index (κ3) is 6.09. The molecule has 16 heteroatoms. The van der Waals surface area contributed by atoms with Crippen LogP contribution in [0.5, 0.6) is 0 Å². The summed E-state index contributed by atoms with van der Waals surface area (Å²) in [5.41, 5.74) is -0.0461. The van der Waals surface area contributed by atoms with E-state index in [2.05, 4.69) is 52.6 Å². The fourth-order valence-electron chi connectivity index (χ4n) is 3.35. The van der Waals surface area contributed by atoms with E-state index in [1.807, 2.05) is 0 Å². The van der Waals surface area contributed by atoms with Gasteiger partial charge in [0.25, 0.3) is 24.1 Å². The zero-order valence-electron chi connectivity index (χ0n) is 18.2. The molecular formula is C21H14Br2Cl2F2N6O4. The van der Waals surface area contributed by atoms with Crippen molar-refractivity contribution in [1.29, 1.82) is 0 Å². The molecule has 1 atom stereocenters. The maximum Gasteiger partial charge on any atom is 0.274 e. The minimum atomic E-state index is -2.81. The van der Waals surface area contributed by atoms with E-state index in [9.17, 15) is 23.2 Å². The zero-order valence-corrected chi connectivity index (χ0v) is 22.9. The topological polar surface area (TPSA) is 118 Å². The smallest absolute Gasteiger partial charge is 0.274 e. The molecule has 37 heavy (non-hydrogen) atoms. The number of anilines is 1. The normalized spacial score (nSPS) is 15.4. The van der Waals surface area contributed by atoms with Crippen molar-refractivity contribution in [3.05, 3.63) is 66.9 Å². The van der Waals surface area contributed by atoms with E-state index in [-0.39, 0.29) is 43.9 Å². The van der Waals surface area contributed by atoms with Gasteiger partial charge in [-0.25, -0.2) is 23.5 Å². The number of rotatable bonds is 7. The summed E-state index contributed by atoms with van der Waals surface area (Å²) < 4.78 is 27.1. The lowest BCUT2D eigenvalue weighted by Gasteiger charge is -2.16. The molecule has 4 rings (SSSR count). The van der Waals surface area contributed by atoms with Gasteiger partial charge in [0, 0.05) is 21.8 Å². The number of hydroxylamine groups is 2. The number of amides is 3. The zero-order chi connectivity index (χ0) is 26.9. The minimum absolute atomic E-state index is 0.0266. The Balaban J connectivity index is 1.61. The van der Waals surface area contributed by atoms with Gasteiger partial charge in [-0.05, 0) is 56.1 Å². The Labute approximate surface area is 234 Å². The molecule has 1 aliphatic heterocycles. The quantitative estimate of drug-likeness (QED) is 0.379. The van der Waals surface area contributed by atoms with E-state index < -0.39 is 36.7 Å². The van der Waals surface area contributed by atoms with Gasteiger partial charge in [-0.15, -0.1) is 0 Å². The first-order valence-electron chi connectivity index (χ1n) is 10.2. The van der Waals surface area contributed by atoms with Gasteiger partial charge in [0.2, 0.25) is 0 Å². The number of benzene rings is 1. The first-order chi connectivity index (χ1) is 17.5. The van der Waals surface area contributed by atoms with Crippen LogP contribution in [0.2, 0.25) is 10.0 Å². The van der Waals surface area contributed by atoms with Gasteiger partial charge in [0.1, 0.15) is 29.5 Å². The molecule has 3 aromatic rings. The number of carbonyl (C=O) groups is 3. The van der Waals surface area contributed by atoms with Gasteiger partial charge in [-0.2, -0.15) is 5.10 Å². The summed E-state index contributed by atoms with van der Waals surface area (Å²) >= 11 is 18.8. The largest absolute Gasteiger partial charge is 0.338 e. The van der Waals surface area contributed by atoms with Crippen molar-refractivity contribution >= 4 is 78.5 Å². The number of hydrogen-bond acceptors (Lipinski definition) is 6. The predicted octanol–water partition coefficient (Wildman–Crippen LogP) is 4.49. The summed E-state index contributed by atoms with van der Waals surface area (Å²) in [6.45, 7) is -1.27. The van der Waals surface area contributed by atoms with Crippen molar-refractivity contribution in [2.24, 2.45) is 0 Å². The summed E-state index contributed by atoms with van der Waals surface area (Å²) in [6, 6.07) is 6.14. The highest BCUT2D eigenvalue weighted by Crippen LogP contribution is 2.32. The molecule has 0 spiro atoms. The second kappa shape index (κ2) is 11.4. The monoisotopic (exact) mass is 680 g/mol. The number of hydrogen-bond donors (Lipinski definition) is 2. The molecule has 1 saturated heterocycles. The number of halogens is 6. The number of pyridine rings is 1. The fourth-order valence-corrected chi connectivity index (χ4v) is 4.83. The molecule has 2 N–H and O–H groups in total. The van der Waals surface area contributed by atoms with Crippen molar-refractivity contribution < 1.29 is 28.0 Å². The standard InChI is InChI=1S/C21H14Br2Cl2F2N6O4/c22-11-5-9(24)4-10(19(34)29-13-8-37-32(21(13)36)7-16(26)27)17(11)30-20(35)14-6-15(23)31-33(14)18-12(25)2-1-3-28-18/h1-6,13,16H,7-8H2,(H,29,34)(H,30,35). The highest BCUT2D eigenvalue weighted by atomic mass is 79.9. The van der Waals surface area contributed by atoms with Gasteiger partial charge in [-0.3, -0.25) is 19.2 Å². The molecule has 1 aromatic carbocycles. The first-order valence-corrected chi connectivity index (χ1v) is 12.6. The number of nitrogens with zero attached hydrogens (tertiary/aromatic N) is 4. The number of carbonyl (C=O) groups excluding carboxylic acids is 3. The Morgan fingerprint density at radius 3 is 2.68 bits per heavy atom. The van der Waals surface area contributed by atoms with Gasteiger partial charge in [-0.1, -0.05) is 23.2 Å². The molecule has 0 bridgehead atoms. The van der Waals surface area contributed by atoms with Crippen molar-refractivity contribution in [3.8, 4) is 5.82 Å². The Morgan fingerprint density at radius 2 is 1.97 bits per heavy atom. The van der Waals surface area contributed by atoms with Crippen LogP contribution >= 0.6 is 55.1 Å². The van der Waals surface area contributed by atoms with E-state index in [0.717, 1.165) is 0 Å². The van der Waals surface area contributed by atoms with Crippen LogP contribution in [0.25, 0.3) is 5.82 Å². The molecule has 1 aliphatic rings. The van der Waals surface area contributed by atoms with Crippen molar-refractivity contribution in [3.63, 3.8) is 0 Å². The molecule has 0 saturated carbocycles. The highest BCUT2D eigenvalue weighted by molar-refractivity contribution is 9.10. The molecule has 10 nitrogen and oxygen atoms in total. The number of nitrogens with one attached hydrogen (secondary N) is 2. The van der Waals surface area contributed by atoms with E-state index in [1.165, 1.54) is 29.1 Å². The Kier molecular flexibility index (Phi) is 8.43. The van der Waals surface area contributed by atoms with Crippen LogP contribution < -0.4 is 10.6 Å². The predicted molar refractivity (Wildman–Crippen MR) is 136 cm³/mol. The molecule has 0 radical (unpaired) electrons. The van der Waals surface area contributed by atoms with Crippen LogP contribution in [-0.4, -0.2) is 63.2 Å². The average molecular weight is 683 g/mol. The van der Waals surface area contributed by atoms with Crippen molar-refractivity contribution in [1.82, 2.24) is 25.1 Å². The van der Waals surface area contributed by atoms with E-state index in [4.69, 9.17) is 28.0 Å². The summed E-state index contributed by atoms with van der Waals surface area (Å²) in [7, 11) is 0. The van der Waals surface area contributed by atoms with E-state index in [0.29, 0.717) is 9.67 Å². The summed E-state index contributed by atoms with van der Waals surface area (Å²) in [6.07, 6.45) is -1.33. The summed E-state index contributed by atoms with van der Waals surface area (Å²) in [5.74, 6) is -2.12. The molecular weight excluding hydrogens is 669 g/mol. The SMILES string of the molecule is O=C(NC1CON(CC(F)F)C1=O)c1cc(Cl)cc(Br)c1NC(=O)c1cc(Br)nn1-c1ncccc1Cl. The molecule has 3 heterocycles. The molecule has 194 valence electrons. The van der Waals surface area contributed by atoms with Gasteiger partial charge in [0.05, 0.1) is 16.3 Å². The lowest BCUT2D eigenvalue weighted by atomic mass is 10.1. The minimum Gasteiger partial charge on any atom is -0.338 e. The van der Waals surface area contributed by atoms with Crippen LogP contribution in [0.3, 0.4) is 0 Å². The van der Waals surface area contributed by atoms with E-state index in [1.54, 1.807) is 12.1 Å². The summed E-state index contributed by atoms with van der Waals surface area (Å²) in [5, 5.41) is 10.1. The molecule has 1 fully saturated rings. The molecule has 3 amide bonds. The van der Waals surface area contributed by atoms with E-state index >= 15 is 0 Å². The van der Waals surface area contributed by atoms with Crippen LogP contribution in [0, 0.1) is 0 Å². The van der Waals surface area contributed by atoms with Crippen LogP contribution in [0.15, 0.2) is 45.6 Å². The molecule has 0 aliphatic carbocycles. The maximum atomic E-state index is 13.3. The van der Waals surface area contributed by atoms with Gasteiger partial charge < -0.3 is 10.6 Å². The van der Waals surface area contributed by atoms with Crippen molar-refractivity contribution in [2.75, 3.05) is 18.5 Å². The van der Waals surface area contributed by atoms with Crippen molar-refractivity contribution in [2.45, 2.75) is 12.5 Å². The second-order valence-corrected chi connectivity index (χ2v) is 9.96. The third-order valence-electron chi connectivity index (χ3n) is 4.94. The number of alkyl halides is 2.